The second kappa shape index (κ2) is 4.66. The lowest BCUT2D eigenvalue weighted by Crippen LogP contribution is -2.27. The van der Waals surface area contributed by atoms with Crippen LogP contribution in [0, 0.1) is 13.8 Å². The molecule has 1 N–H and O–H groups in total. The molecule has 1 fully saturated rings. The number of aromatic nitrogens is 2. The summed E-state index contributed by atoms with van der Waals surface area (Å²) in [5.74, 6) is -0.0797. The summed E-state index contributed by atoms with van der Waals surface area (Å²) in [5.41, 5.74) is 3.57. The van der Waals surface area contributed by atoms with E-state index in [0.29, 0.717) is 6.61 Å². The maximum Gasteiger partial charge on any atom is 0.253 e. The molecule has 0 bridgehead atoms. The number of aryl methyl sites for hydroxylation is 2. The second-order valence-corrected chi connectivity index (χ2v) is 4.89. The molecule has 1 unspecified atom stereocenters. The number of carbonyl (C=O) groups excluding carboxylic acids is 1. The maximum atomic E-state index is 12.1. The molecule has 1 atom stereocenters. The number of nitrogens with zero attached hydrogens (tertiary/aromatic N) is 2. The summed E-state index contributed by atoms with van der Waals surface area (Å²) in [5, 5.41) is 2.92. The van der Waals surface area contributed by atoms with Crippen molar-refractivity contribution in [2.45, 2.75) is 32.8 Å². The standard InChI is InChI=1S/C14H17N3O2/c1-9-10(2)17-7-3-5-11(13(17)15-9)16-14(18)12-6-4-8-19-12/h3,5,7,12H,4,6,8H2,1-2H3,(H,16,18). The van der Waals surface area contributed by atoms with E-state index in [-0.39, 0.29) is 12.0 Å². The summed E-state index contributed by atoms with van der Waals surface area (Å²) in [4.78, 5) is 16.6. The van der Waals surface area contributed by atoms with Crippen LogP contribution in [0.15, 0.2) is 18.3 Å². The van der Waals surface area contributed by atoms with Crippen molar-refractivity contribution in [3.63, 3.8) is 0 Å². The average molecular weight is 259 g/mol. The van der Waals surface area contributed by atoms with Crippen LogP contribution >= 0.6 is 0 Å². The highest BCUT2D eigenvalue weighted by Gasteiger charge is 2.24. The van der Waals surface area contributed by atoms with Gasteiger partial charge in [-0.05, 0) is 38.8 Å². The lowest BCUT2D eigenvalue weighted by atomic mass is 10.2. The minimum atomic E-state index is -0.322. The van der Waals surface area contributed by atoms with E-state index in [2.05, 4.69) is 10.3 Å². The predicted octanol–water partition coefficient (Wildman–Crippen LogP) is 2.07. The maximum absolute atomic E-state index is 12.1. The van der Waals surface area contributed by atoms with Crippen LogP contribution in [-0.2, 0) is 9.53 Å². The number of hydrogen-bond acceptors (Lipinski definition) is 3. The number of imidazole rings is 1. The Morgan fingerprint density at radius 1 is 1.53 bits per heavy atom. The second-order valence-electron chi connectivity index (χ2n) is 4.89. The summed E-state index contributed by atoms with van der Waals surface area (Å²) in [6, 6.07) is 3.78. The Bertz CT molecular complexity index is 627. The van der Waals surface area contributed by atoms with E-state index in [4.69, 9.17) is 4.74 Å². The molecule has 1 amide bonds. The highest BCUT2D eigenvalue weighted by Crippen LogP contribution is 2.21. The fraction of sp³-hybridized carbons (Fsp3) is 0.429. The van der Waals surface area contributed by atoms with Gasteiger partial charge in [0.2, 0.25) is 0 Å². The number of hydrogen-bond donors (Lipinski definition) is 1. The number of ether oxygens (including phenoxy) is 1. The summed E-state index contributed by atoms with van der Waals surface area (Å²) in [6.45, 7) is 4.65. The zero-order chi connectivity index (χ0) is 13.4. The molecule has 0 saturated carbocycles. The summed E-state index contributed by atoms with van der Waals surface area (Å²) in [7, 11) is 0. The normalized spacial score (nSPS) is 18.9. The Morgan fingerprint density at radius 2 is 2.37 bits per heavy atom. The van der Waals surface area contributed by atoms with Gasteiger partial charge in [0.1, 0.15) is 6.10 Å². The molecule has 2 aromatic heterocycles. The van der Waals surface area contributed by atoms with Gasteiger partial charge >= 0.3 is 0 Å². The van der Waals surface area contributed by atoms with E-state index in [1.807, 2.05) is 36.6 Å². The van der Waals surface area contributed by atoms with Crippen LogP contribution in [0.5, 0.6) is 0 Å². The van der Waals surface area contributed by atoms with E-state index in [1.165, 1.54) is 0 Å². The first-order valence-electron chi connectivity index (χ1n) is 6.53. The van der Waals surface area contributed by atoms with Gasteiger partial charge in [-0.3, -0.25) is 4.79 Å². The number of pyridine rings is 1. The molecule has 5 nitrogen and oxygen atoms in total. The zero-order valence-corrected chi connectivity index (χ0v) is 11.1. The lowest BCUT2D eigenvalue weighted by molar-refractivity contribution is -0.124. The van der Waals surface area contributed by atoms with Crippen LogP contribution in [-0.4, -0.2) is 28.0 Å². The first-order valence-corrected chi connectivity index (χ1v) is 6.53. The molecule has 3 heterocycles. The smallest absolute Gasteiger partial charge is 0.253 e. The minimum absolute atomic E-state index is 0.0797. The largest absolute Gasteiger partial charge is 0.368 e. The van der Waals surface area contributed by atoms with Crippen molar-refractivity contribution in [1.82, 2.24) is 9.38 Å². The summed E-state index contributed by atoms with van der Waals surface area (Å²) >= 11 is 0. The number of amides is 1. The molecular weight excluding hydrogens is 242 g/mol. The molecule has 0 aliphatic carbocycles. The van der Waals surface area contributed by atoms with Crippen molar-refractivity contribution in [2.24, 2.45) is 0 Å². The van der Waals surface area contributed by atoms with Crippen molar-refractivity contribution < 1.29 is 9.53 Å². The summed E-state index contributed by atoms with van der Waals surface area (Å²) in [6.07, 6.45) is 3.37. The summed E-state index contributed by atoms with van der Waals surface area (Å²) < 4.78 is 7.38. The van der Waals surface area contributed by atoms with Crippen molar-refractivity contribution in [2.75, 3.05) is 11.9 Å². The van der Waals surface area contributed by atoms with Crippen molar-refractivity contribution in [3.05, 3.63) is 29.7 Å². The Morgan fingerprint density at radius 3 is 3.11 bits per heavy atom. The van der Waals surface area contributed by atoms with Crippen LogP contribution in [0.3, 0.4) is 0 Å². The van der Waals surface area contributed by atoms with Crippen molar-refractivity contribution in [1.29, 1.82) is 0 Å². The van der Waals surface area contributed by atoms with E-state index in [1.54, 1.807) is 0 Å². The van der Waals surface area contributed by atoms with Gasteiger partial charge < -0.3 is 14.5 Å². The lowest BCUT2D eigenvalue weighted by Gasteiger charge is -2.11. The van der Waals surface area contributed by atoms with Crippen LogP contribution in [0.1, 0.15) is 24.2 Å². The zero-order valence-electron chi connectivity index (χ0n) is 11.1. The van der Waals surface area contributed by atoms with E-state index < -0.39 is 0 Å². The number of carbonyl (C=O) groups is 1. The van der Waals surface area contributed by atoms with Crippen molar-refractivity contribution >= 4 is 17.2 Å². The number of rotatable bonds is 2. The van der Waals surface area contributed by atoms with Gasteiger partial charge in [-0.25, -0.2) is 4.98 Å². The SMILES string of the molecule is Cc1nc2c(NC(=O)C3CCCO3)cccn2c1C. The molecule has 0 spiro atoms. The Balaban J connectivity index is 1.92. The molecule has 1 aliphatic rings. The minimum Gasteiger partial charge on any atom is -0.368 e. The Hall–Kier alpha value is -1.88. The Kier molecular flexibility index (Phi) is 2.98. The third-order valence-corrected chi connectivity index (χ3v) is 3.61. The highest BCUT2D eigenvalue weighted by atomic mass is 16.5. The van der Waals surface area contributed by atoms with Gasteiger partial charge in [-0.2, -0.15) is 0 Å². The monoisotopic (exact) mass is 259 g/mol. The van der Waals surface area contributed by atoms with Crippen LogP contribution in [0.25, 0.3) is 5.65 Å². The molecule has 3 rings (SSSR count). The molecule has 0 radical (unpaired) electrons. The van der Waals surface area contributed by atoms with E-state index >= 15 is 0 Å². The fourth-order valence-corrected chi connectivity index (χ4v) is 2.39. The van der Waals surface area contributed by atoms with Crippen LogP contribution < -0.4 is 5.32 Å². The van der Waals surface area contributed by atoms with Crippen LogP contribution in [0.2, 0.25) is 0 Å². The van der Waals surface area contributed by atoms with Gasteiger partial charge in [-0.1, -0.05) is 0 Å². The van der Waals surface area contributed by atoms with Gasteiger partial charge in [-0.15, -0.1) is 0 Å². The predicted molar refractivity (Wildman–Crippen MR) is 72.3 cm³/mol. The Labute approximate surface area is 111 Å². The average Bonchev–Trinajstić information content (AvgIpc) is 3.01. The number of nitrogens with one attached hydrogen (secondary N) is 1. The third kappa shape index (κ3) is 2.10. The molecule has 2 aromatic rings. The van der Waals surface area contributed by atoms with E-state index in [0.717, 1.165) is 35.6 Å². The number of fused-ring (bicyclic) bond motifs is 1. The molecule has 19 heavy (non-hydrogen) atoms. The topological polar surface area (TPSA) is 55.6 Å². The molecule has 1 aliphatic heterocycles. The van der Waals surface area contributed by atoms with Gasteiger partial charge in [0.05, 0.1) is 11.4 Å². The quantitative estimate of drug-likeness (QED) is 0.898. The molecular formula is C14H17N3O2. The first kappa shape index (κ1) is 12.2. The van der Waals surface area contributed by atoms with Gasteiger partial charge in [0.25, 0.3) is 5.91 Å². The first-order chi connectivity index (χ1) is 9.16. The van der Waals surface area contributed by atoms with Crippen LogP contribution in [0.4, 0.5) is 5.69 Å². The third-order valence-electron chi connectivity index (χ3n) is 3.61. The van der Waals surface area contributed by atoms with Gasteiger partial charge in [0, 0.05) is 18.5 Å². The molecule has 100 valence electrons. The molecule has 1 saturated heterocycles. The molecule has 5 heteroatoms. The molecule has 0 aromatic carbocycles. The highest BCUT2D eigenvalue weighted by molar-refractivity contribution is 5.97. The van der Waals surface area contributed by atoms with E-state index in [9.17, 15) is 4.79 Å². The van der Waals surface area contributed by atoms with Crippen molar-refractivity contribution in [3.8, 4) is 0 Å². The van der Waals surface area contributed by atoms with Gasteiger partial charge in [0.15, 0.2) is 5.65 Å². The fourth-order valence-electron chi connectivity index (χ4n) is 2.39. The number of anilines is 1.